The second kappa shape index (κ2) is 10.1. The highest BCUT2D eigenvalue weighted by Crippen LogP contribution is 2.67. The number of aromatic amines is 1. The number of H-pyrrole nitrogens is 1. The molecule has 2 saturated carbocycles. The van der Waals surface area contributed by atoms with E-state index in [4.69, 9.17) is 4.74 Å². The molecule has 3 N–H and O–H groups in total. The fourth-order valence-electron chi connectivity index (χ4n) is 4.77. The van der Waals surface area contributed by atoms with Gasteiger partial charge in [-0.05, 0) is 51.5 Å². The van der Waals surface area contributed by atoms with Gasteiger partial charge in [-0.1, -0.05) is 16.9 Å². The number of carboxylic acid groups (broad SMARTS) is 2. The zero-order chi connectivity index (χ0) is 25.3. The van der Waals surface area contributed by atoms with Gasteiger partial charge in [0.2, 0.25) is 0 Å². The van der Waals surface area contributed by atoms with Crippen molar-refractivity contribution < 1.29 is 34.1 Å². The summed E-state index contributed by atoms with van der Waals surface area (Å²) >= 11 is 2.64. The first-order valence-corrected chi connectivity index (χ1v) is 12.8. The first-order valence-electron chi connectivity index (χ1n) is 10.5. The van der Waals surface area contributed by atoms with Crippen molar-refractivity contribution in [2.24, 2.45) is 22.9 Å². The Labute approximate surface area is 204 Å². The van der Waals surface area contributed by atoms with Gasteiger partial charge < -0.3 is 14.9 Å². The molecular formula is C20H27N5O7S2. The average molecular weight is 514 g/mol. The van der Waals surface area contributed by atoms with Crippen LogP contribution in [-0.4, -0.2) is 88.8 Å². The minimum Gasteiger partial charge on any atom is -0.481 e. The molecule has 1 aromatic heterocycles. The number of aromatic nitrogens is 3. The van der Waals surface area contributed by atoms with E-state index in [2.05, 4.69) is 20.3 Å². The molecule has 6 atom stereocenters. The van der Waals surface area contributed by atoms with E-state index < -0.39 is 58.1 Å². The molecule has 0 aliphatic heterocycles. The lowest BCUT2D eigenvalue weighted by Gasteiger charge is -2.38. The Kier molecular flexibility index (Phi) is 7.75. The molecule has 12 nitrogen and oxygen atoms in total. The van der Waals surface area contributed by atoms with Crippen molar-refractivity contribution in [1.82, 2.24) is 20.2 Å². The van der Waals surface area contributed by atoms with E-state index in [1.54, 1.807) is 20.8 Å². The zero-order valence-electron chi connectivity index (χ0n) is 19.1. The van der Waals surface area contributed by atoms with Crippen LogP contribution in [-0.2, 0) is 23.9 Å². The largest absolute Gasteiger partial charge is 0.481 e. The number of nitrogens with zero attached hydrogens (tertiary/aromatic N) is 4. The molecule has 34 heavy (non-hydrogen) atoms. The average Bonchev–Trinajstić information content (AvgIpc) is 3.12. The van der Waals surface area contributed by atoms with Crippen LogP contribution in [0.5, 0.6) is 0 Å². The molecule has 2 fully saturated rings. The monoisotopic (exact) mass is 513 g/mol. The molecule has 186 valence electrons. The molecule has 0 bridgehead atoms. The van der Waals surface area contributed by atoms with Crippen LogP contribution in [0.4, 0.5) is 0 Å². The smallest absolute Gasteiger partial charge is 0.332 e. The second-order valence-corrected chi connectivity index (χ2v) is 11.4. The molecule has 1 heterocycles. The number of hydrazone groups is 1. The Morgan fingerprint density at radius 3 is 2.62 bits per heavy atom. The van der Waals surface area contributed by atoms with Gasteiger partial charge >= 0.3 is 11.9 Å². The number of fused-ring (bicyclic) bond motifs is 1. The van der Waals surface area contributed by atoms with Crippen molar-refractivity contribution in [1.29, 1.82) is 0 Å². The SMILES string of the molecule is CSCC[C@H](OC(C)(C)C)C(=O)N(N=C=O)[C@@]1(C(=O)O)C[C@H](Sc2ncn[nH]2)[C@H]2[C@H](C(=O)O)[C@H]21. The van der Waals surface area contributed by atoms with Gasteiger partial charge in [0.25, 0.3) is 12.0 Å². The van der Waals surface area contributed by atoms with E-state index in [0.29, 0.717) is 15.9 Å². The summed E-state index contributed by atoms with van der Waals surface area (Å²) in [5, 5.41) is 30.6. The lowest BCUT2D eigenvalue weighted by molar-refractivity contribution is -0.172. The standard InChI is InChI=1S/C20H27N5O7S2/c1-19(2,3)32-10(5-6-33-4)15(27)25(23-9-26)20(17(30)31)7-11(34-18-21-8-22-24-18)12-13(14(12)20)16(28)29/h8,10-14H,5-7H2,1-4H3,(H,28,29)(H,30,31)(H,21,22,24)/t10-,11-,12-,13-,14-,20-/m0/s1. The lowest BCUT2D eigenvalue weighted by atomic mass is 9.88. The number of hydrogen-bond acceptors (Lipinski definition) is 10. The quantitative estimate of drug-likeness (QED) is 0.222. The van der Waals surface area contributed by atoms with E-state index in [0.717, 1.165) is 11.8 Å². The molecule has 14 heteroatoms. The van der Waals surface area contributed by atoms with Gasteiger partial charge in [-0.25, -0.2) is 19.6 Å². The molecule has 0 radical (unpaired) electrons. The summed E-state index contributed by atoms with van der Waals surface area (Å²) in [5.41, 5.74) is -2.78. The summed E-state index contributed by atoms with van der Waals surface area (Å²) in [4.78, 5) is 53.8. The van der Waals surface area contributed by atoms with Gasteiger partial charge in [0.05, 0.1) is 11.5 Å². The highest BCUT2D eigenvalue weighted by Gasteiger charge is 2.78. The van der Waals surface area contributed by atoms with Gasteiger partial charge in [-0.2, -0.15) is 16.9 Å². The highest BCUT2D eigenvalue weighted by atomic mass is 32.2. The molecule has 0 spiro atoms. The maximum absolute atomic E-state index is 13.7. The molecule has 2 aliphatic carbocycles. The molecule has 1 aromatic rings. The van der Waals surface area contributed by atoms with Crippen LogP contribution in [0.2, 0.25) is 0 Å². The summed E-state index contributed by atoms with van der Waals surface area (Å²) < 4.78 is 5.92. The number of isocyanates is 1. The predicted molar refractivity (Wildman–Crippen MR) is 122 cm³/mol. The van der Waals surface area contributed by atoms with E-state index in [9.17, 15) is 29.4 Å². The van der Waals surface area contributed by atoms with Crippen LogP contribution in [0.1, 0.15) is 33.6 Å². The number of carboxylic acids is 2. The van der Waals surface area contributed by atoms with Crippen molar-refractivity contribution >= 4 is 47.4 Å². The third kappa shape index (κ3) is 4.99. The van der Waals surface area contributed by atoms with Gasteiger partial charge in [-0.15, -0.1) is 0 Å². The van der Waals surface area contributed by atoms with Crippen LogP contribution < -0.4 is 0 Å². The number of carbonyl (C=O) groups excluding carboxylic acids is 2. The first-order chi connectivity index (χ1) is 16.0. The summed E-state index contributed by atoms with van der Waals surface area (Å²) in [6, 6.07) is 0. The molecule has 0 aromatic carbocycles. The van der Waals surface area contributed by atoms with Crippen molar-refractivity contribution in [3.05, 3.63) is 6.33 Å². The minimum absolute atomic E-state index is 0.130. The number of carbonyl (C=O) groups is 3. The van der Waals surface area contributed by atoms with Crippen molar-refractivity contribution in [3.8, 4) is 0 Å². The van der Waals surface area contributed by atoms with Crippen LogP contribution in [0.15, 0.2) is 16.6 Å². The van der Waals surface area contributed by atoms with Gasteiger partial charge in [0, 0.05) is 11.2 Å². The van der Waals surface area contributed by atoms with Gasteiger partial charge in [0.1, 0.15) is 12.4 Å². The van der Waals surface area contributed by atoms with Crippen molar-refractivity contribution in [2.45, 2.75) is 61.3 Å². The Morgan fingerprint density at radius 2 is 2.12 bits per heavy atom. The molecule has 2 aliphatic rings. The summed E-state index contributed by atoms with van der Waals surface area (Å²) in [6.45, 7) is 5.26. The number of nitrogens with one attached hydrogen (secondary N) is 1. The molecular weight excluding hydrogens is 486 g/mol. The number of amides is 1. The Balaban J connectivity index is 2.03. The maximum atomic E-state index is 13.7. The third-order valence-electron chi connectivity index (χ3n) is 5.96. The first kappa shape index (κ1) is 26.2. The topological polar surface area (TPSA) is 175 Å². The van der Waals surface area contributed by atoms with Crippen LogP contribution in [0.25, 0.3) is 0 Å². The van der Waals surface area contributed by atoms with Crippen LogP contribution >= 0.6 is 23.5 Å². The normalized spacial score (nSPS) is 28.5. The number of thioether (sulfide) groups is 2. The van der Waals surface area contributed by atoms with E-state index in [-0.39, 0.29) is 12.8 Å². The van der Waals surface area contributed by atoms with E-state index in [1.165, 1.54) is 24.2 Å². The highest BCUT2D eigenvalue weighted by molar-refractivity contribution is 7.99. The van der Waals surface area contributed by atoms with Gasteiger partial charge in [-0.3, -0.25) is 14.7 Å². The minimum atomic E-state index is -2.04. The fraction of sp³-hybridized carbons (Fsp3) is 0.700. The lowest BCUT2D eigenvalue weighted by Crippen LogP contribution is -2.59. The predicted octanol–water partition coefficient (Wildman–Crippen LogP) is 1.46. The maximum Gasteiger partial charge on any atom is 0.332 e. The fourth-order valence-corrected chi connectivity index (χ4v) is 6.55. The third-order valence-corrected chi connectivity index (χ3v) is 7.81. The van der Waals surface area contributed by atoms with Crippen LogP contribution in [0, 0.1) is 17.8 Å². The molecule has 0 saturated heterocycles. The Hall–Kier alpha value is -2.41. The van der Waals surface area contributed by atoms with E-state index in [1.807, 2.05) is 6.26 Å². The molecule has 1 amide bonds. The van der Waals surface area contributed by atoms with E-state index >= 15 is 0 Å². The summed E-state index contributed by atoms with van der Waals surface area (Å²) in [6.07, 6.45) is 3.48. The van der Waals surface area contributed by atoms with Crippen molar-refractivity contribution in [3.63, 3.8) is 0 Å². The number of aliphatic carboxylic acids is 2. The zero-order valence-corrected chi connectivity index (χ0v) is 20.8. The second-order valence-electron chi connectivity index (χ2n) is 9.19. The number of rotatable bonds is 11. The van der Waals surface area contributed by atoms with Gasteiger partial charge in [0.15, 0.2) is 10.7 Å². The van der Waals surface area contributed by atoms with Crippen LogP contribution in [0.3, 0.4) is 0 Å². The molecule has 3 rings (SSSR count). The summed E-state index contributed by atoms with van der Waals surface area (Å²) in [5.74, 6) is -5.40. The Bertz CT molecular complexity index is 978. The number of hydrogen-bond donors (Lipinski definition) is 3. The summed E-state index contributed by atoms with van der Waals surface area (Å²) in [7, 11) is 0. The van der Waals surface area contributed by atoms with Crippen molar-refractivity contribution in [2.75, 3.05) is 12.0 Å². The Morgan fingerprint density at radius 1 is 1.41 bits per heavy atom. The molecule has 0 unspecified atom stereocenters. The number of ether oxygens (including phenoxy) is 1.